The fourth-order valence-corrected chi connectivity index (χ4v) is 2.96. The van der Waals surface area contributed by atoms with Crippen molar-refractivity contribution in [2.75, 3.05) is 13.2 Å². The van der Waals surface area contributed by atoms with Crippen molar-refractivity contribution in [2.24, 2.45) is 5.10 Å². The molecule has 9 nitrogen and oxygen atoms in total. The summed E-state index contributed by atoms with van der Waals surface area (Å²) in [6.07, 6.45) is 1.40. The Kier molecular flexibility index (Phi) is 6.53. The van der Waals surface area contributed by atoms with Gasteiger partial charge in [0.1, 0.15) is 5.58 Å². The molecule has 0 atom stereocenters. The summed E-state index contributed by atoms with van der Waals surface area (Å²) in [6.45, 7) is 4.54. The highest BCUT2D eigenvalue weighted by Gasteiger charge is 2.15. The highest BCUT2D eigenvalue weighted by Crippen LogP contribution is 2.36. The number of hydrogen-bond acceptors (Lipinski definition) is 7. The number of nitro groups is 1. The van der Waals surface area contributed by atoms with E-state index in [1.165, 1.54) is 30.5 Å². The Morgan fingerprint density at radius 3 is 2.70 bits per heavy atom. The quantitative estimate of drug-likeness (QED) is 0.317. The summed E-state index contributed by atoms with van der Waals surface area (Å²) in [6, 6.07) is 8.80. The maximum absolute atomic E-state index is 12.3. The number of benzene rings is 2. The number of nitro benzene ring substituents is 1. The van der Waals surface area contributed by atoms with Crippen molar-refractivity contribution in [1.29, 1.82) is 0 Å². The van der Waals surface area contributed by atoms with Crippen LogP contribution >= 0.6 is 11.6 Å². The molecule has 0 radical (unpaired) electrons. The first kappa shape index (κ1) is 21.1. The lowest BCUT2D eigenvalue weighted by Crippen LogP contribution is -2.16. The first-order valence-corrected chi connectivity index (χ1v) is 9.41. The number of furan rings is 1. The van der Waals surface area contributed by atoms with Gasteiger partial charge in [0.25, 0.3) is 5.69 Å². The molecular formula is C20H18ClN3O6. The maximum Gasteiger partial charge on any atom is 0.307 e. The van der Waals surface area contributed by atoms with E-state index in [0.717, 1.165) is 0 Å². The van der Waals surface area contributed by atoms with Crippen LogP contribution < -0.4 is 14.9 Å². The lowest BCUT2D eigenvalue weighted by molar-refractivity contribution is -0.384. The van der Waals surface area contributed by atoms with Gasteiger partial charge in [0, 0.05) is 17.5 Å². The second-order valence-electron chi connectivity index (χ2n) is 5.99. The molecule has 3 aromatic rings. The number of carbonyl (C=O) groups excluding carboxylic acids is 1. The summed E-state index contributed by atoms with van der Waals surface area (Å²) in [5.74, 6) is 0.284. The third-order valence-corrected chi connectivity index (χ3v) is 4.22. The number of carbonyl (C=O) groups is 1. The Morgan fingerprint density at radius 2 is 2.00 bits per heavy atom. The third-order valence-electron chi connectivity index (χ3n) is 3.93. The first-order valence-electron chi connectivity index (χ1n) is 9.03. The van der Waals surface area contributed by atoms with Gasteiger partial charge in [-0.2, -0.15) is 5.10 Å². The zero-order valence-electron chi connectivity index (χ0n) is 16.2. The van der Waals surface area contributed by atoms with E-state index in [1.54, 1.807) is 12.1 Å². The number of ether oxygens (including phenoxy) is 2. The van der Waals surface area contributed by atoms with Crippen molar-refractivity contribution >= 4 is 40.4 Å². The standard InChI is InChI=1S/C20H18ClN3O6/c1-3-28-17-8-12(7-15(21)19(17)29-4-2)11-22-23-20(25)18-10-13-9-14(24(26)27)5-6-16(13)30-18/h5-11H,3-4H2,1-2H3,(H,23,25)/b22-11+. The van der Waals surface area contributed by atoms with Crippen LogP contribution in [0.2, 0.25) is 5.02 Å². The SMILES string of the molecule is CCOc1cc(/C=N/NC(=O)c2cc3cc([N+](=O)[O-])ccc3o2)cc(Cl)c1OCC. The van der Waals surface area contributed by atoms with Gasteiger partial charge in [-0.3, -0.25) is 14.9 Å². The summed E-state index contributed by atoms with van der Waals surface area (Å²) in [5.41, 5.74) is 3.20. The second kappa shape index (κ2) is 9.27. The molecule has 0 aliphatic heterocycles. The number of rotatable bonds is 8. The van der Waals surface area contributed by atoms with Crippen LogP contribution in [0.15, 0.2) is 45.9 Å². The van der Waals surface area contributed by atoms with E-state index in [2.05, 4.69) is 10.5 Å². The largest absolute Gasteiger partial charge is 0.490 e. The van der Waals surface area contributed by atoms with Gasteiger partial charge >= 0.3 is 5.91 Å². The van der Waals surface area contributed by atoms with E-state index in [0.29, 0.717) is 46.3 Å². The molecule has 0 saturated heterocycles. The van der Waals surface area contributed by atoms with Crippen LogP contribution in [0.5, 0.6) is 11.5 Å². The Labute approximate surface area is 176 Å². The van der Waals surface area contributed by atoms with Gasteiger partial charge in [-0.05, 0) is 43.7 Å². The third kappa shape index (κ3) is 4.69. The van der Waals surface area contributed by atoms with Gasteiger partial charge in [-0.1, -0.05) is 11.6 Å². The van der Waals surface area contributed by atoms with E-state index in [9.17, 15) is 14.9 Å². The van der Waals surface area contributed by atoms with E-state index in [-0.39, 0.29) is 11.4 Å². The predicted octanol–water partition coefficient (Wildman–Crippen LogP) is 4.56. The minimum Gasteiger partial charge on any atom is -0.490 e. The zero-order valence-corrected chi connectivity index (χ0v) is 16.9. The molecule has 0 aliphatic rings. The number of hydrogen-bond donors (Lipinski definition) is 1. The maximum atomic E-state index is 12.3. The summed E-state index contributed by atoms with van der Waals surface area (Å²) in [4.78, 5) is 22.6. The molecule has 1 amide bonds. The van der Waals surface area contributed by atoms with Gasteiger partial charge < -0.3 is 13.9 Å². The molecule has 0 saturated carbocycles. The van der Waals surface area contributed by atoms with E-state index in [4.69, 9.17) is 25.5 Å². The van der Waals surface area contributed by atoms with Crippen LogP contribution in [0.1, 0.15) is 30.0 Å². The van der Waals surface area contributed by atoms with Gasteiger partial charge in [-0.15, -0.1) is 0 Å². The minimum atomic E-state index is -0.604. The van der Waals surface area contributed by atoms with Crippen LogP contribution in [0.3, 0.4) is 0 Å². The zero-order chi connectivity index (χ0) is 21.7. The minimum absolute atomic E-state index is 0.0256. The Hall–Kier alpha value is -3.59. The Bertz CT molecular complexity index is 1130. The molecule has 10 heteroatoms. The van der Waals surface area contributed by atoms with E-state index >= 15 is 0 Å². The van der Waals surface area contributed by atoms with Gasteiger partial charge in [0.2, 0.25) is 0 Å². The average molecular weight is 432 g/mol. The van der Waals surface area contributed by atoms with Crippen LogP contribution in [0, 0.1) is 10.1 Å². The van der Waals surface area contributed by atoms with E-state index in [1.807, 2.05) is 13.8 Å². The normalized spacial score (nSPS) is 11.0. The number of nitrogens with zero attached hydrogens (tertiary/aromatic N) is 2. The molecule has 3 rings (SSSR count). The molecule has 0 spiro atoms. The number of halogens is 1. The monoisotopic (exact) mass is 431 g/mol. The second-order valence-corrected chi connectivity index (χ2v) is 6.39. The van der Waals surface area contributed by atoms with Crippen LogP contribution in [-0.4, -0.2) is 30.3 Å². The first-order chi connectivity index (χ1) is 14.4. The molecule has 0 aliphatic carbocycles. The number of nitrogens with one attached hydrogen (secondary N) is 1. The summed E-state index contributed by atoms with van der Waals surface area (Å²) in [7, 11) is 0. The fourth-order valence-electron chi connectivity index (χ4n) is 2.69. The molecule has 1 aromatic heterocycles. The summed E-state index contributed by atoms with van der Waals surface area (Å²) in [5, 5.41) is 15.6. The van der Waals surface area contributed by atoms with Crippen molar-refractivity contribution in [3.8, 4) is 11.5 Å². The molecule has 1 heterocycles. The topological polar surface area (TPSA) is 116 Å². The molecule has 2 aromatic carbocycles. The van der Waals surface area contributed by atoms with Crippen molar-refractivity contribution in [1.82, 2.24) is 5.43 Å². The van der Waals surface area contributed by atoms with E-state index < -0.39 is 10.8 Å². The molecular weight excluding hydrogens is 414 g/mol. The highest BCUT2D eigenvalue weighted by atomic mass is 35.5. The average Bonchev–Trinajstić information content (AvgIpc) is 3.14. The van der Waals surface area contributed by atoms with Crippen LogP contribution in [0.4, 0.5) is 5.69 Å². The summed E-state index contributed by atoms with van der Waals surface area (Å²) < 4.78 is 16.5. The Morgan fingerprint density at radius 1 is 1.23 bits per heavy atom. The van der Waals surface area contributed by atoms with Gasteiger partial charge in [-0.25, -0.2) is 5.43 Å². The van der Waals surface area contributed by atoms with Crippen molar-refractivity contribution in [3.63, 3.8) is 0 Å². The molecule has 0 bridgehead atoms. The molecule has 0 unspecified atom stereocenters. The van der Waals surface area contributed by atoms with Gasteiger partial charge in [0.15, 0.2) is 17.3 Å². The van der Waals surface area contributed by atoms with Crippen molar-refractivity contribution < 1.29 is 23.6 Å². The smallest absolute Gasteiger partial charge is 0.307 e. The van der Waals surface area contributed by atoms with Crippen LogP contribution in [0.25, 0.3) is 11.0 Å². The predicted molar refractivity (Wildman–Crippen MR) is 112 cm³/mol. The van der Waals surface area contributed by atoms with Gasteiger partial charge in [0.05, 0.1) is 29.4 Å². The Balaban J connectivity index is 1.75. The van der Waals surface area contributed by atoms with Crippen molar-refractivity contribution in [2.45, 2.75) is 13.8 Å². The number of fused-ring (bicyclic) bond motifs is 1. The number of hydrazone groups is 1. The summed E-state index contributed by atoms with van der Waals surface area (Å²) >= 11 is 6.25. The molecule has 156 valence electrons. The highest BCUT2D eigenvalue weighted by molar-refractivity contribution is 6.32. The fraction of sp³-hybridized carbons (Fsp3) is 0.200. The molecule has 30 heavy (non-hydrogen) atoms. The molecule has 1 N–H and O–H groups in total. The number of amides is 1. The lowest BCUT2D eigenvalue weighted by atomic mass is 10.2. The number of non-ortho nitro benzene ring substituents is 1. The van der Waals surface area contributed by atoms with Crippen molar-refractivity contribution in [3.05, 3.63) is 62.9 Å². The lowest BCUT2D eigenvalue weighted by Gasteiger charge is -2.13. The molecule has 0 fully saturated rings. The van der Waals surface area contributed by atoms with Crippen LogP contribution in [-0.2, 0) is 0 Å².